The fourth-order valence-electron chi connectivity index (χ4n) is 3.71. The Morgan fingerprint density at radius 3 is 2.42 bits per heavy atom. The molecule has 2 unspecified atom stereocenters. The van der Waals surface area contributed by atoms with E-state index in [1.165, 1.54) is 12.1 Å². The summed E-state index contributed by atoms with van der Waals surface area (Å²) in [7, 11) is -2.91. The van der Waals surface area contributed by atoms with Crippen molar-refractivity contribution in [2.24, 2.45) is 0 Å². The first-order valence-electron chi connectivity index (χ1n) is 11.4. The number of pyridine rings is 1. The maximum atomic E-state index is 13.7. The van der Waals surface area contributed by atoms with Gasteiger partial charge >= 0.3 is 5.97 Å². The lowest BCUT2D eigenvalue weighted by Gasteiger charge is -2.23. The molecule has 0 amide bonds. The molecule has 0 radical (unpaired) electrons. The van der Waals surface area contributed by atoms with Crippen LogP contribution in [0.2, 0.25) is 0 Å². The van der Waals surface area contributed by atoms with E-state index in [9.17, 15) is 18.9 Å². The first-order valence-corrected chi connectivity index (χ1v) is 13.0. The van der Waals surface area contributed by atoms with Crippen LogP contribution in [-0.4, -0.2) is 33.2 Å². The van der Waals surface area contributed by atoms with Crippen LogP contribution in [0, 0.1) is 24.8 Å². The second kappa shape index (κ2) is 11.6. The molecule has 6 nitrogen and oxygen atoms in total. The molecule has 0 aliphatic rings. The Morgan fingerprint density at radius 1 is 1.14 bits per heavy atom. The Balaban J connectivity index is 2.12. The summed E-state index contributed by atoms with van der Waals surface area (Å²) in [6.07, 6.45) is 0.281. The number of esters is 1. The highest BCUT2D eigenvalue weighted by atomic mass is 31.1. The molecule has 2 N–H and O–H groups in total. The van der Waals surface area contributed by atoms with E-state index in [-0.39, 0.29) is 12.0 Å². The van der Waals surface area contributed by atoms with E-state index in [0.29, 0.717) is 16.8 Å². The normalized spacial score (nSPS) is 12.9. The summed E-state index contributed by atoms with van der Waals surface area (Å²) < 4.78 is 29.6. The summed E-state index contributed by atoms with van der Waals surface area (Å²) in [5, 5.41) is 9.71. The van der Waals surface area contributed by atoms with Crippen LogP contribution in [0.4, 0.5) is 4.39 Å². The molecule has 0 aliphatic carbocycles. The predicted molar refractivity (Wildman–Crippen MR) is 138 cm³/mol. The predicted octanol–water partition coefficient (Wildman–Crippen LogP) is 5.23. The maximum absolute atomic E-state index is 13.7. The smallest absolute Gasteiger partial charge is 0.322 e. The van der Waals surface area contributed by atoms with Crippen molar-refractivity contribution in [1.29, 1.82) is 0 Å². The van der Waals surface area contributed by atoms with Crippen molar-refractivity contribution in [2.75, 3.05) is 6.16 Å². The molecule has 36 heavy (non-hydrogen) atoms. The molecule has 0 saturated heterocycles. The molecule has 8 heteroatoms. The summed E-state index contributed by atoms with van der Waals surface area (Å²) >= 11 is 0. The molecular weight excluding hydrogens is 480 g/mol. The number of hydrogen-bond donors (Lipinski definition) is 2. The zero-order valence-electron chi connectivity index (χ0n) is 20.6. The van der Waals surface area contributed by atoms with E-state index >= 15 is 0 Å². The van der Waals surface area contributed by atoms with Gasteiger partial charge < -0.3 is 14.7 Å². The van der Waals surface area contributed by atoms with Gasteiger partial charge in [0, 0.05) is 22.7 Å². The van der Waals surface area contributed by atoms with Crippen LogP contribution in [0.1, 0.15) is 44.0 Å². The highest BCUT2D eigenvalue weighted by Gasteiger charge is 2.24. The van der Waals surface area contributed by atoms with Crippen LogP contribution in [0.3, 0.4) is 0 Å². The third-order valence-electron chi connectivity index (χ3n) is 5.46. The molecule has 188 valence electrons. The number of aliphatic hydroxyl groups is 1. The van der Waals surface area contributed by atoms with Crippen LogP contribution >= 0.6 is 8.03 Å². The third kappa shape index (κ3) is 7.11. The van der Waals surface area contributed by atoms with Crippen LogP contribution in [-0.2, 0) is 19.5 Å². The fraction of sp³-hybridized carbons (Fsp3) is 0.286. The number of nitrogens with zero attached hydrogens (tertiary/aromatic N) is 1. The van der Waals surface area contributed by atoms with Gasteiger partial charge in [0.25, 0.3) is 0 Å². The lowest BCUT2D eigenvalue weighted by molar-refractivity contribution is -0.138. The van der Waals surface area contributed by atoms with E-state index < -0.39 is 31.9 Å². The van der Waals surface area contributed by atoms with Gasteiger partial charge in [0.2, 0.25) is 0 Å². The van der Waals surface area contributed by atoms with E-state index in [1.54, 1.807) is 12.1 Å². The summed E-state index contributed by atoms with van der Waals surface area (Å²) in [6.45, 7) is 7.99. The Morgan fingerprint density at radius 2 is 1.81 bits per heavy atom. The Labute approximate surface area is 211 Å². The van der Waals surface area contributed by atoms with Gasteiger partial charge in [-0.3, -0.25) is 14.3 Å². The van der Waals surface area contributed by atoms with Crippen LogP contribution in [0.15, 0.2) is 54.6 Å². The van der Waals surface area contributed by atoms with Crippen molar-refractivity contribution in [1.82, 2.24) is 4.98 Å². The summed E-state index contributed by atoms with van der Waals surface area (Å²) in [6, 6.07) is 15.8. The van der Waals surface area contributed by atoms with Gasteiger partial charge in [0.05, 0.1) is 29.5 Å². The quantitative estimate of drug-likeness (QED) is 0.268. The van der Waals surface area contributed by atoms with Gasteiger partial charge in [0.15, 0.2) is 8.03 Å². The Bertz CT molecular complexity index is 1340. The minimum Gasteiger partial charge on any atom is -0.392 e. The third-order valence-corrected chi connectivity index (χ3v) is 6.28. The highest BCUT2D eigenvalue weighted by Crippen LogP contribution is 2.36. The monoisotopic (exact) mass is 509 g/mol. The van der Waals surface area contributed by atoms with Crippen molar-refractivity contribution < 1.29 is 28.5 Å². The summed E-state index contributed by atoms with van der Waals surface area (Å²) in [5.41, 5.74) is 4.92. The number of aromatic nitrogens is 1. The number of carbonyl (C=O) groups is 1. The average molecular weight is 510 g/mol. The Kier molecular flexibility index (Phi) is 8.81. The second-order valence-electron chi connectivity index (χ2n) is 9.51. The number of ether oxygens (including phenoxy) is 1. The molecule has 3 rings (SSSR count). The number of rotatable bonds is 6. The van der Waals surface area contributed by atoms with Crippen LogP contribution in [0.5, 0.6) is 0 Å². The van der Waals surface area contributed by atoms with Gasteiger partial charge in [-0.15, -0.1) is 0 Å². The average Bonchev–Trinajstić information content (AvgIpc) is 2.78. The second-order valence-corrected chi connectivity index (χ2v) is 10.7. The summed E-state index contributed by atoms with van der Waals surface area (Å²) in [4.78, 5) is 25.9. The maximum Gasteiger partial charge on any atom is 0.322 e. The molecule has 3 aromatic rings. The van der Waals surface area contributed by atoms with Crippen molar-refractivity contribution >= 4 is 14.0 Å². The van der Waals surface area contributed by atoms with E-state index in [1.807, 2.05) is 58.0 Å². The first-order chi connectivity index (χ1) is 17.0. The molecule has 0 saturated carbocycles. The van der Waals surface area contributed by atoms with Gasteiger partial charge in [-0.25, -0.2) is 4.39 Å². The van der Waals surface area contributed by atoms with Gasteiger partial charge in [-0.05, 0) is 42.2 Å². The lowest BCUT2D eigenvalue weighted by Crippen LogP contribution is -2.18. The topological polar surface area (TPSA) is 96.7 Å². The minimum atomic E-state index is -2.91. The van der Waals surface area contributed by atoms with Crippen LogP contribution in [0.25, 0.3) is 22.4 Å². The lowest BCUT2D eigenvalue weighted by atomic mass is 9.84. The first kappa shape index (κ1) is 27.3. The number of carbonyl (C=O) groups excluding carboxylic acids is 1. The number of benzene rings is 2. The summed E-state index contributed by atoms with van der Waals surface area (Å²) in [5.74, 6) is 1.72. The number of hydrogen-bond acceptors (Lipinski definition) is 5. The highest BCUT2D eigenvalue weighted by molar-refractivity contribution is 7.38. The van der Waals surface area contributed by atoms with Crippen molar-refractivity contribution in [3.8, 4) is 34.4 Å². The van der Waals surface area contributed by atoms with Crippen molar-refractivity contribution in [3.63, 3.8) is 0 Å². The molecule has 2 atom stereocenters. The molecule has 1 aromatic heterocycles. The molecule has 2 aromatic carbocycles. The molecular formula is C28H29FNO5P. The minimum absolute atomic E-state index is 0.367. The standard InChI is InChI=1S/C28H29FNO5P/c1-18-7-5-6-8-22(18)25-16-24(19-9-11-20(29)12-10-19)23(27(30-25)28(2,3)4)13-14-35-26(32)15-21(31)17-36(33)34/h5-12,16,21,31,36H,15,17H2,1-4H3,(H,33,34). The fourth-order valence-corrected chi connectivity index (χ4v) is 4.26. The van der Waals surface area contributed by atoms with E-state index in [4.69, 9.17) is 14.6 Å². The van der Waals surface area contributed by atoms with Gasteiger partial charge in [-0.1, -0.05) is 57.2 Å². The zero-order chi connectivity index (χ0) is 26.5. The molecule has 0 spiro atoms. The molecule has 1 heterocycles. The molecule has 0 aliphatic heterocycles. The van der Waals surface area contributed by atoms with Gasteiger partial charge in [0.1, 0.15) is 11.9 Å². The molecule has 0 bridgehead atoms. The van der Waals surface area contributed by atoms with Crippen molar-refractivity contribution in [3.05, 3.63) is 77.2 Å². The SMILES string of the molecule is Cc1ccccc1-c1cc(-c2ccc(F)cc2)c(C#COC(=O)CC(O)C[PH](=O)O)c(C(C)(C)C)n1. The zero-order valence-corrected chi connectivity index (χ0v) is 21.6. The van der Waals surface area contributed by atoms with E-state index in [0.717, 1.165) is 22.4 Å². The van der Waals surface area contributed by atoms with Gasteiger partial charge in [-0.2, -0.15) is 0 Å². The molecule has 0 fully saturated rings. The van der Waals surface area contributed by atoms with Crippen LogP contribution < -0.4 is 0 Å². The number of aryl methyl sites for hydroxylation is 1. The van der Waals surface area contributed by atoms with Crippen molar-refractivity contribution in [2.45, 2.75) is 45.6 Å². The Hall–Kier alpha value is -3.30. The number of aliphatic hydroxyl groups excluding tert-OH is 1. The van der Waals surface area contributed by atoms with E-state index in [2.05, 4.69) is 12.0 Å². The number of halogens is 1. The largest absolute Gasteiger partial charge is 0.392 e.